The van der Waals surface area contributed by atoms with Gasteiger partial charge in [-0.2, -0.15) is 0 Å². The van der Waals surface area contributed by atoms with Crippen molar-refractivity contribution in [3.8, 4) is 0 Å². The first-order valence-electron chi connectivity index (χ1n) is 6.71. The fourth-order valence-corrected chi connectivity index (χ4v) is 1.47. The second kappa shape index (κ2) is 9.85. The maximum atomic E-state index is 5.55. The molecule has 0 aliphatic rings. The van der Waals surface area contributed by atoms with Gasteiger partial charge in [0, 0.05) is 19.3 Å². The van der Waals surface area contributed by atoms with Crippen LogP contribution in [0.25, 0.3) is 0 Å². The van der Waals surface area contributed by atoms with Gasteiger partial charge in [-0.25, -0.2) is 4.98 Å². The highest BCUT2D eigenvalue weighted by Gasteiger charge is 1.97. The lowest BCUT2D eigenvalue weighted by Gasteiger charge is -2.07. The van der Waals surface area contributed by atoms with Crippen molar-refractivity contribution in [3.63, 3.8) is 0 Å². The van der Waals surface area contributed by atoms with Crippen molar-refractivity contribution in [1.29, 1.82) is 0 Å². The summed E-state index contributed by atoms with van der Waals surface area (Å²) in [5.41, 5.74) is 1.14. The van der Waals surface area contributed by atoms with E-state index in [-0.39, 0.29) is 0 Å². The van der Waals surface area contributed by atoms with Crippen molar-refractivity contribution in [2.24, 2.45) is 0 Å². The zero-order chi connectivity index (χ0) is 13.1. The molecule has 0 bridgehead atoms. The normalized spacial score (nSPS) is 10.6. The molecule has 1 N–H and O–H groups in total. The molecule has 0 saturated heterocycles. The van der Waals surface area contributed by atoms with Crippen LogP contribution < -0.4 is 5.32 Å². The Kier molecular flexibility index (Phi) is 8.17. The number of ether oxygens (including phenoxy) is 2. The maximum absolute atomic E-state index is 5.55. The smallest absolute Gasteiger partial charge is 0.126 e. The molecule has 4 nitrogen and oxygen atoms in total. The molecule has 1 aromatic rings. The number of hydrogen-bond donors (Lipinski definition) is 1. The van der Waals surface area contributed by atoms with Gasteiger partial charge in [-0.15, -0.1) is 0 Å². The van der Waals surface area contributed by atoms with Crippen LogP contribution in [-0.2, 0) is 16.1 Å². The summed E-state index contributed by atoms with van der Waals surface area (Å²) < 4.78 is 10.9. The molecule has 102 valence electrons. The molecule has 0 fully saturated rings. The molecule has 1 aromatic heterocycles. The molecule has 0 spiro atoms. The summed E-state index contributed by atoms with van der Waals surface area (Å²) in [6, 6.07) is 4.01. The fraction of sp³-hybridized carbons (Fsp3) is 0.643. The Morgan fingerprint density at radius 2 is 1.94 bits per heavy atom. The van der Waals surface area contributed by atoms with Crippen LogP contribution >= 0.6 is 0 Å². The number of anilines is 1. The minimum absolute atomic E-state index is 0.610. The van der Waals surface area contributed by atoms with Gasteiger partial charge in [-0.1, -0.05) is 13.8 Å². The summed E-state index contributed by atoms with van der Waals surface area (Å²) >= 11 is 0. The van der Waals surface area contributed by atoms with Crippen molar-refractivity contribution in [1.82, 2.24) is 4.98 Å². The maximum Gasteiger partial charge on any atom is 0.126 e. The van der Waals surface area contributed by atoms with E-state index in [0.29, 0.717) is 19.8 Å². The van der Waals surface area contributed by atoms with E-state index in [1.807, 2.05) is 18.3 Å². The summed E-state index contributed by atoms with van der Waals surface area (Å²) in [6.45, 7) is 7.91. The van der Waals surface area contributed by atoms with Gasteiger partial charge in [0.05, 0.1) is 19.8 Å². The van der Waals surface area contributed by atoms with Crippen molar-refractivity contribution < 1.29 is 9.47 Å². The van der Waals surface area contributed by atoms with Gasteiger partial charge in [0.2, 0.25) is 0 Å². The Morgan fingerprint density at radius 3 is 2.72 bits per heavy atom. The van der Waals surface area contributed by atoms with Gasteiger partial charge in [0.1, 0.15) is 5.82 Å². The summed E-state index contributed by atoms with van der Waals surface area (Å²) in [5, 5.41) is 3.26. The Labute approximate surface area is 110 Å². The second-order valence-corrected chi connectivity index (χ2v) is 4.14. The monoisotopic (exact) mass is 252 g/mol. The van der Waals surface area contributed by atoms with Crippen LogP contribution in [-0.4, -0.2) is 31.3 Å². The molecule has 0 aromatic carbocycles. The number of aromatic nitrogens is 1. The van der Waals surface area contributed by atoms with Crippen molar-refractivity contribution in [2.75, 3.05) is 31.7 Å². The standard InChI is InChI=1S/C14H24N2O2/c1-3-6-15-14-11-13(5-7-16-14)12-18-10-9-17-8-4-2/h5,7,11H,3-4,6,8-10,12H2,1-2H3,(H,15,16). The SMILES string of the molecule is CCCNc1cc(COCCOCCC)ccn1. The third-order valence-corrected chi connectivity index (χ3v) is 2.37. The van der Waals surface area contributed by atoms with E-state index in [2.05, 4.69) is 24.1 Å². The molecule has 0 atom stereocenters. The van der Waals surface area contributed by atoms with Gasteiger partial charge < -0.3 is 14.8 Å². The molecule has 0 radical (unpaired) electrons. The van der Waals surface area contributed by atoms with Gasteiger partial charge in [-0.05, 0) is 30.5 Å². The molecule has 1 rings (SSSR count). The summed E-state index contributed by atoms with van der Waals surface area (Å²) in [6.07, 6.45) is 3.96. The largest absolute Gasteiger partial charge is 0.379 e. The average Bonchev–Trinajstić information content (AvgIpc) is 2.41. The molecular formula is C14H24N2O2. The third kappa shape index (κ3) is 6.57. The lowest BCUT2D eigenvalue weighted by atomic mass is 10.3. The van der Waals surface area contributed by atoms with Crippen LogP contribution in [0.15, 0.2) is 18.3 Å². The Balaban J connectivity index is 2.20. The molecule has 4 heteroatoms. The number of rotatable bonds is 10. The highest BCUT2D eigenvalue weighted by molar-refractivity contribution is 5.37. The molecular weight excluding hydrogens is 228 g/mol. The third-order valence-electron chi connectivity index (χ3n) is 2.37. The predicted octanol–water partition coefficient (Wildman–Crippen LogP) is 2.85. The summed E-state index contributed by atoms with van der Waals surface area (Å²) in [4.78, 5) is 4.25. The molecule has 18 heavy (non-hydrogen) atoms. The summed E-state index contributed by atoms with van der Waals surface area (Å²) in [5.74, 6) is 0.917. The van der Waals surface area contributed by atoms with Crippen LogP contribution in [0.1, 0.15) is 32.3 Å². The fourth-order valence-electron chi connectivity index (χ4n) is 1.47. The van der Waals surface area contributed by atoms with Crippen molar-refractivity contribution in [2.45, 2.75) is 33.3 Å². The lowest BCUT2D eigenvalue weighted by Crippen LogP contribution is -2.06. The van der Waals surface area contributed by atoms with Crippen LogP contribution in [0.2, 0.25) is 0 Å². The number of pyridine rings is 1. The molecule has 0 aliphatic heterocycles. The van der Waals surface area contributed by atoms with E-state index >= 15 is 0 Å². The zero-order valence-corrected chi connectivity index (χ0v) is 11.4. The van der Waals surface area contributed by atoms with E-state index < -0.39 is 0 Å². The van der Waals surface area contributed by atoms with Crippen LogP contribution in [0.5, 0.6) is 0 Å². The van der Waals surface area contributed by atoms with Crippen LogP contribution in [0.4, 0.5) is 5.82 Å². The minimum Gasteiger partial charge on any atom is -0.379 e. The molecule has 0 aliphatic carbocycles. The molecule has 1 heterocycles. The lowest BCUT2D eigenvalue weighted by molar-refractivity contribution is 0.0408. The zero-order valence-electron chi connectivity index (χ0n) is 11.4. The quantitative estimate of drug-likeness (QED) is 0.650. The molecule has 0 amide bonds. The van der Waals surface area contributed by atoms with E-state index in [0.717, 1.165) is 37.4 Å². The van der Waals surface area contributed by atoms with E-state index in [1.165, 1.54) is 0 Å². The first kappa shape index (κ1) is 14.9. The summed E-state index contributed by atoms with van der Waals surface area (Å²) in [7, 11) is 0. The van der Waals surface area contributed by atoms with Gasteiger partial charge >= 0.3 is 0 Å². The first-order chi connectivity index (χ1) is 8.86. The van der Waals surface area contributed by atoms with Crippen LogP contribution in [0.3, 0.4) is 0 Å². The highest BCUT2D eigenvalue weighted by Crippen LogP contribution is 2.07. The van der Waals surface area contributed by atoms with Crippen molar-refractivity contribution >= 4 is 5.82 Å². The van der Waals surface area contributed by atoms with Gasteiger partial charge in [0.25, 0.3) is 0 Å². The minimum atomic E-state index is 0.610. The van der Waals surface area contributed by atoms with E-state index in [1.54, 1.807) is 0 Å². The average molecular weight is 252 g/mol. The number of nitrogens with zero attached hydrogens (tertiary/aromatic N) is 1. The predicted molar refractivity (Wildman–Crippen MR) is 73.8 cm³/mol. The van der Waals surface area contributed by atoms with Crippen molar-refractivity contribution in [3.05, 3.63) is 23.9 Å². The van der Waals surface area contributed by atoms with E-state index in [4.69, 9.17) is 9.47 Å². The Hall–Kier alpha value is -1.13. The first-order valence-corrected chi connectivity index (χ1v) is 6.71. The van der Waals surface area contributed by atoms with Gasteiger partial charge in [0.15, 0.2) is 0 Å². The Morgan fingerprint density at radius 1 is 1.11 bits per heavy atom. The molecule has 0 saturated carbocycles. The topological polar surface area (TPSA) is 43.4 Å². The number of hydrogen-bond acceptors (Lipinski definition) is 4. The number of nitrogens with one attached hydrogen (secondary N) is 1. The Bertz CT molecular complexity index is 318. The van der Waals surface area contributed by atoms with Gasteiger partial charge in [-0.3, -0.25) is 0 Å². The molecule has 0 unspecified atom stereocenters. The van der Waals surface area contributed by atoms with Crippen LogP contribution in [0, 0.1) is 0 Å². The van der Waals surface area contributed by atoms with E-state index in [9.17, 15) is 0 Å². The highest BCUT2D eigenvalue weighted by atomic mass is 16.5. The second-order valence-electron chi connectivity index (χ2n) is 4.14.